The van der Waals surface area contributed by atoms with Gasteiger partial charge in [0.2, 0.25) is 5.91 Å². The fourth-order valence-electron chi connectivity index (χ4n) is 1.72. The van der Waals surface area contributed by atoms with Crippen molar-refractivity contribution in [2.24, 2.45) is 0 Å². The molecule has 1 N–H and O–H groups in total. The van der Waals surface area contributed by atoms with Crippen LogP contribution in [0, 0.1) is 0 Å². The Bertz CT molecular complexity index is 564. The van der Waals surface area contributed by atoms with E-state index in [-0.39, 0.29) is 5.91 Å². The van der Waals surface area contributed by atoms with Gasteiger partial charge in [0.1, 0.15) is 0 Å². The minimum atomic E-state index is -0.601. The lowest BCUT2D eigenvalue weighted by atomic mass is 9.84. The van der Waals surface area contributed by atoms with E-state index >= 15 is 0 Å². The molecule has 0 fully saturated rings. The summed E-state index contributed by atoms with van der Waals surface area (Å²) in [7, 11) is 0. The third-order valence-corrected chi connectivity index (χ3v) is 3.58. The maximum Gasteiger partial charge on any atom is 0.234 e. The summed E-state index contributed by atoms with van der Waals surface area (Å²) < 4.78 is 1.000. The molecule has 1 heterocycles. The van der Waals surface area contributed by atoms with E-state index < -0.39 is 5.41 Å². The van der Waals surface area contributed by atoms with Crippen LogP contribution in [-0.2, 0) is 10.2 Å². The molecule has 0 saturated heterocycles. The van der Waals surface area contributed by atoms with Crippen LogP contribution in [0.3, 0.4) is 0 Å². The molecule has 0 radical (unpaired) electrons. The van der Waals surface area contributed by atoms with Gasteiger partial charge in [0.25, 0.3) is 0 Å². The van der Waals surface area contributed by atoms with Gasteiger partial charge in [0.15, 0.2) is 0 Å². The van der Waals surface area contributed by atoms with Crippen molar-refractivity contribution in [1.29, 1.82) is 0 Å². The number of hydrogen-bond donors (Lipinski definition) is 1. The van der Waals surface area contributed by atoms with Crippen LogP contribution in [0.1, 0.15) is 19.4 Å². The highest BCUT2D eigenvalue weighted by Gasteiger charge is 2.29. The average molecular weight is 319 g/mol. The molecule has 3 nitrogen and oxygen atoms in total. The summed E-state index contributed by atoms with van der Waals surface area (Å²) >= 11 is 3.39. The molecule has 0 atom stereocenters. The van der Waals surface area contributed by atoms with E-state index in [1.807, 2.05) is 44.2 Å². The summed E-state index contributed by atoms with van der Waals surface area (Å²) in [6, 6.07) is 11.4. The van der Waals surface area contributed by atoms with Crippen molar-refractivity contribution in [3.63, 3.8) is 0 Å². The Balaban J connectivity index is 2.19. The van der Waals surface area contributed by atoms with Crippen molar-refractivity contribution < 1.29 is 4.79 Å². The van der Waals surface area contributed by atoms with Gasteiger partial charge in [0.05, 0.1) is 17.3 Å². The number of aromatic nitrogens is 1. The third-order valence-electron chi connectivity index (χ3n) is 3.05. The fraction of sp³-hybridized carbons (Fsp3) is 0.200. The highest BCUT2D eigenvalue weighted by atomic mass is 79.9. The number of halogens is 1. The van der Waals surface area contributed by atoms with Crippen molar-refractivity contribution in [2.45, 2.75) is 19.3 Å². The summed E-state index contributed by atoms with van der Waals surface area (Å²) in [6.07, 6.45) is 3.31. The second-order valence-corrected chi connectivity index (χ2v) is 5.74. The Morgan fingerprint density at radius 1 is 1.21 bits per heavy atom. The van der Waals surface area contributed by atoms with Crippen LogP contribution in [-0.4, -0.2) is 10.9 Å². The van der Waals surface area contributed by atoms with E-state index in [9.17, 15) is 4.79 Å². The second kappa shape index (κ2) is 5.53. The van der Waals surface area contributed by atoms with Crippen LogP contribution in [0.4, 0.5) is 5.69 Å². The van der Waals surface area contributed by atoms with Gasteiger partial charge in [-0.3, -0.25) is 9.78 Å². The zero-order valence-electron chi connectivity index (χ0n) is 10.9. The van der Waals surface area contributed by atoms with E-state index in [0.29, 0.717) is 5.69 Å². The first kappa shape index (κ1) is 13.7. The Morgan fingerprint density at radius 2 is 1.89 bits per heavy atom. The first-order valence-corrected chi connectivity index (χ1v) is 6.77. The smallest absolute Gasteiger partial charge is 0.234 e. The van der Waals surface area contributed by atoms with Crippen LogP contribution in [0.15, 0.2) is 53.3 Å². The van der Waals surface area contributed by atoms with Gasteiger partial charge in [-0.2, -0.15) is 0 Å². The molecule has 0 aliphatic carbocycles. The van der Waals surface area contributed by atoms with Crippen molar-refractivity contribution in [3.8, 4) is 0 Å². The van der Waals surface area contributed by atoms with Crippen molar-refractivity contribution in [1.82, 2.24) is 4.98 Å². The van der Waals surface area contributed by atoms with Gasteiger partial charge in [-0.1, -0.05) is 28.1 Å². The minimum absolute atomic E-state index is 0.0529. The van der Waals surface area contributed by atoms with Gasteiger partial charge in [-0.05, 0) is 43.7 Å². The number of rotatable bonds is 3. The molecule has 0 aliphatic heterocycles. The quantitative estimate of drug-likeness (QED) is 0.936. The zero-order valence-corrected chi connectivity index (χ0v) is 12.4. The number of nitrogens with one attached hydrogen (secondary N) is 1. The molecule has 0 unspecified atom stereocenters. The zero-order chi connectivity index (χ0) is 13.9. The molecule has 4 heteroatoms. The van der Waals surface area contributed by atoms with Crippen molar-refractivity contribution in [3.05, 3.63) is 58.8 Å². The number of pyridine rings is 1. The van der Waals surface area contributed by atoms with Gasteiger partial charge < -0.3 is 5.32 Å². The molecule has 1 amide bonds. The molecule has 0 saturated carbocycles. The number of carbonyl (C=O) groups excluding carboxylic acids is 1. The predicted molar refractivity (Wildman–Crippen MR) is 80.0 cm³/mol. The van der Waals surface area contributed by atoms with Crippen LogP contribution >= 0.6 is 15.9 Å². The molecule has 2 aromatic rings. The Hall–Kier alpha value is -1.68. The maximum absolute atomic E-state index is 12.4. The Kier molecular flexibility index (Phi) is 4.00. The molecule has 2 rings (SSSR count). The number of carbonyl (C=O) groups is 1. The third kappa shape index (κ3) is 3.20. The summed E-state index contributed by atoms with van der Waals surface area (Å²) in [5.74, 6) is -0.0529. The van der Waals surface area contributed by atoms with E-state index in [1.165, 1.54) is 0 Å². The number of anilines is 1. The first-order valence-electron chi connectivity index (χ1n) is 5.97. The van der Waals surface area contributed by atoms with E-state index in [0.717, 1.165) is 10.0 Å². The summed E-state index contributed by atoms with van der Waals surface area (Å²) in [5.41, 5.74) is 1.08. The highest BCUT2D eigenvalue weighted by Crippen LogP contribution is 2.26. The largest absolute Gasteiger partial charge is 0.324 e. The predicted octanol–water partition coefficient (Wildman–Crippen LogP) is 3.76. The molecule has 1 aromatic carbocycles. The van der Waals surface area contributed by atoms with Crippen molar-refractivity contribution >= 4 is 27.5 Å². The number of benzene rings is 1. The Morgan fingerprint density at radius 3 is 2.47 bits per heavy atom. The van der Waals surface area contributed by atoms with Crippen LogP contribution in [0.25, 0.3) is 0 Å². The molecular formula is C15H15BrN2O. The van der Waals surface area contributed by atoms with Gasteiger partial charge in [0, 0.05) is 10.7 Å². The Labute approximate surface area is 121 Å². The fourth-order valence-corrected chi connectivity index (χ4v) is 1.99. The highest BCUT2D eigenvalue weighted by molar-refractivity contribution is 9.10. The van der Waals surface area contributed by atoms with Crippen LogP contribution < -0.4 is 5.32 Å². The number of nitrogens with zero attached hydrogens (tertiary/aromatic N) is 1. The number of hydrogen-bond acceptors (Lipinski definition) is 2. The van der Waals surface area contributed by atoms with Crippen LogP contribution in [0.5, 0.6) is 0 Å². The lowest BCUT2D eigenvalue weighted by molar-refractivity contribution is -0.120. The van der Waals surface area contributed by atoms with Gasteiger partial charge in [-0.25, -0.2) is 0 Å². The summed E-state index contributed by atoms with van der Waals surface area (Å²) in [5, 5.41) is 2.88. The minimum Gasteiger partial charge on any atom is -0.324 e. The maximum atomic E-state index is 12.4. The standard InChI is InChI=1S/C15H15BrN2O/c1-15(2,11-5-7-12(16)8-6-11)14(19)18-13-4-3-9-17-10-13/h3-10H,1-2H3,(H,18,19). The normalized spacial score (nSPS) is 11.1. The van der Waals surface area contributed by atoms with E-state index in [4.69, 9.17) is 0 Å². The lowest BCUT2D eigenvalue weighted by Crippen LogP contribution is -2.34. The lowest BCUT2D eigenvalue weighted by Gasteiger charge is -2.24. The van der Waals surface area contributed by atoms with Crippen molar-refractivity contribution in [2.75, 3.05) is 5.32 Å². The van der Waals surface area contributed by atoms with E-state index in [2.05, 4.69) is 26.2 Å². The second-order valence-electron chi connectivity index (χ2n) is 4.83. The summed E-state index contributed by atoms with van der Waals surface area (Å²) in [4.78, 5) is 16.4. The SMILES string of the molecule is CC(C)(C(=O)Nc1cccnc1)c1ccc(Br)cc1. The van der Waals surface area contributed by atoms with Crippen LogP contribution in [0.2, 0.25) is 0 Å². The summed E-state index contributed by atoms with van der Waals surface area (Å²) in [6.45, 7) is 3.81. The van der Waals surface area contributed by atoms with E-state index in [1.54, 1.807) is 18.5 Å². The molecular weight excluding hydrogens is 304 g/mol. The monoisotopic (exact) mass is 318 g/mol. The molecule has 0 aliphatic rings. The van der Waals surface area contributed by atoms with Gasteiger partial charge in [-0.15, -0.1) is 0 Å². The number of amides is 1. The van der Waals surface area contributed by atoms with Gasteiger partial charge >= 0.3 is 0 Å². The topological polar surface area (TPSA) is 42.0 Å². The molecule has 98 valence electrons. The molecule has 1 aromatic heterocycles. The molecule has 19 heavy (non-hydrogen) atoms. The molecule has 0 spiro atoms. The average Bonchev–Trinajstić information content (AvgIpc) is 2.40. The molecule has 0 bridgehead atoms. The first-order chi connectivity index (χ1) is 9.00.